The van der Waals surface area contributed by atoms with Crippen LogP contribution in [0.1, 0.15) is 5.56 Å². The zero-order valence-electron chi connectivity index (χ0n) is 12.2. The molecule has 1 aromatic rings. The lowest BCUT2D eigenvalue weighted by atomic mass is 10.0. The summed E-state index contributed by atoms with van der Waals surface area (Å²) in [6.07, 6.45) is 7.79. The normalized spacial score (nSPS) is 28.3. The quantitative estimate of drug-likeness (QED) is 0.902. The van der Waals surface area contributed by atoms with Gasteiger partial charge >= 0.3 is 0 Å². The number of pyridine rings is 1. The largest absolute Gasteiger partial charge is 0.316 e. The maximum absolute atomic E-state index is 4.58. The minimum atomic E-state index is 0.658. The van der Waals surface area contributed by atoms with Gasteiger partial charge in [0, 0.05) is 38.2 Å². The molecule has 5 nitrogen and oxygen atoms in total. The van der Waals surface area contributed by atoms with E-state index in [2.05, 4.69) is 37.2 Å². The summed E-state index contributed by atoms with van der Waals surface area (Å²) < 4.78 is 0. The molecule has 0 amide bonds. The Bertz CT molecular complexity index is 538. The summed E-state index contributed by atoms with van der Waals surface area (Å²) >= 11 is 0. The van der Waals surface area contributed by atoms with Crippen LogP contribution in [0.3, 0.4) is 0 Å². The summed E-state index contributed by atoms with van der Waals surface area (Å²) in [5.74, 6) is 2.68. The number of hydrogen-bond donors (Lipinski definition) is 1. The Hall–Kier alpha value is -1.72. The molecular formula is C16H21N5. The first kappa shape index (κ1) is 13.0. The highest BCUT2D eigenvalue weighted by atomic mass is 15.2. The Labute approximate surface area is 125 Å². The highest BCUT2D eigenvalue weighted by Gasteiger charge is 2.35. The monoisotopic (exact) mass is 283 g/mol. The SMILES string of the molecule is C1=CN(c2ccc(CN3CC4CNCC4C3)cn2)CN=C1. The maximum Gasteiger partial charge on any atom is 0.134 e. The van der Waals surface area contributed by atoms with E-state index in [1.807, 2.05) is 24.7 Å². The van der Waals surface area contributed by atoms with Gasteiger partial charge in [0.15, 0.2) is 0 Å². The van der Waals surface area contributed by atoms with E-state index in [0.29, 0.717) is 6.67 Å². The number of fused-ring (bicyclic) bond motifs is 1. The molecule has 2 unspecified atom stereocenters. The molecule has 2 atom stereocenters. The molecular weight excluding hydrogens is 262 g/mol. The van der Waals surface area contributed by atoms with Gasteiger partial charge < -0.3 is 10.2 Å². The standard InChI is InChI=1S/C16H21N5/c1-4-17-12-21(5-1)16-3-2-13(6-19-16)9-20-10-14-7-18-8-15(14)11-20/h1-6,14-15,18H,7-12H2. The highest BCUT2D eigenvalue weighted by molar-refractivity contribution is 5.73. The topological polar surface area (TPSA) is 43.8 Å². The Morgan fingerprint density at radius 2 is 2.05 bits per heavy atom. The van der Waals surface area contributed by atoms with Crippen molar-refractivity contribution in [2.75, 3.05) is 37.7 Å². The Morgan fingerprint density at radius 3 is 2.71 bits per heavy atom. The lowest BCUT2D eigenvalue weighted by molar-refractivity contribution is 0.305. The van der Waals surface area contributed by atoms with Crippen molar-refractivity contribution in [3.05, 3.63) is 36.2 Å². The van der Waals surface area contributed by atoms with E-state index < -0.39 is 0 Å². The van der Waals surface area contributed by atoms with Crippen LogP contribution in [0.5, 0.6) is 0 Å². The molecule has 0 radical (unpaired) electrons. The summed E-state index contributed by atoms with van der Waals surface area (Å²) in [5.41, 5.74) is 1.30. The Kier molecular flexibility index (Phi) is 3.45. The molecule has 0 saturated carbocycles. The summed E-state index contributed by atoms with van der Waals surface area (Å²) in [4.78, 5) is 13.4. The van der Waals surface area contributed by atoms with Crippen LogP contribution in [0, 0.1) is 11.8 Å². The van der Waals surface area contributed by atoms with Crippen LogP contribution in [0.2, 0.25) is 0 Å². The zero-order chi connectivity index (χ0) is 14.1. The van der Waals surface area contributed by atoms with Crippen molar-refractivity contribution in [3.63, 3.8) is 0 Å². The first-order valence-electron chi connectivity index (χ1n) is 7.70. The summed E-state index contributed by atoms with van der Waals surface area (Å²) in [5, 5.41) is 3.49. The molecule has 0 aromatic carbocycles. The second kappa shape index (κ2) is 5.58. The Balaban J connectivity index is 1.38. The van der Waals surface area contributed by atoms with Crippen molar-refractivity contribution in [2.45, 2.75) is 6.54 Å². The van der Waals surface area contributed by atoms with E-state index >= 15 is 0 Å². The fraction of sp³-hybridized carbons (Fsp3) is 0.500. The second-order valence-electron chi connectivity index (χ2n) is 6.18. The van der Waals surface area contributed by atoms with Gasteiger partial charge in [0.05, 0.1) is 0 Å². The first-order valence-corrected chi connectivity index (χ1v) is 7.70. The van der Waals surface area contributed by atoms with Gasteiger partial charge in [-0.25, -0.2) is 4.98 Å². The van der Waals surface area contributed by atoms with Crippen molar-refractivity contribution < 1.29 is 0 Å². The number of likely N-dealkylation sites (tertiary alicyclic amines) is 1. The third-order valence-electron chi connectivity index (χ3n) is 4.67. The lowest BCUT2D eigenvalue weighted by Gasteiger charge is -2.20. The van der Waals surface area contributed by atoms with E-state index in [9.17, 15) is 0 Å². The van der Waals surface area contributed by atoms with Crippen LogP contribution in [0.4, 0.5) is 5.82 Å². The number of anilines is 1. The van der Waals surface area contributed by atoms with Crippen LogP contribution >= 0.6 is 0 Å². The van der Waals surface area contributed by atoms with Gasteiger partial charge in [0.1, 0.15) is 12.5 Å². The number of aliphatic imine (C=N–C) groups is 1. The number of hydrogen-bond acceptors (Lipinski definition) is 5. The molecule has 4 rings (SSSR count). The molecule has 0 aliphatic carbocycles. The van der Waals surface area contributed by atoms with Crippen molar-refractivity contribution in [1.82, 2.24) is 15.2 Å². The van der Waals surface area contributed by atoms with Crippen molar-refractivity contribution in [1.29, 1.82) is 0 Å². The van der Waals surface area contributed by atoms with Crippen LogP contribution in [-0.4, -0.2) is 48.9 Å². The van der Waals surface area contributed by atoms with E-state index in [1.165, 1.54) is 31.7 Å². The fourth-order valence-corrected chi connectivity index (χ4v) is 3.55. The van der Waals surface area contributed by atoms with Crippen LogP contribution in [0.25, 0.3) is 0 Å². The molecule has 5 heteroatoms. The van der Waals surface area contributed by atoms with Gasteiger partial charge in [-0.05, 0) is 42.6 Å². The molecule has 3 aliphatic rings. The van der Waals surface area contributed by atoms with E-state index in [0.717, 1.165) is 24.2 Å². The number of allylic oxidation sites excluding steroid dienone is 1. The molecule has 3 aliphatic heterocycles. The number of nitrogens with zero attached hydrogens (tertiary/aromatic N) is 4. The maximum atomic E-state index is 4.58. The molecule has 0 spiro atoms. The van der Waals surface area contributed by atoms with E-state index in [4.69, 9.17) is 0 Å². The van der Waals surface area contributed by atoms with Crippen molar-refractivity contribution in [3.8, 4) is 0 Å². The van der Waals surface area contributed by atoms with Gasteiger partial charge in [0.2, 0.25) is 0 Å². The average molecular weight is 283 g/mol. The predicted octanol–water partition coefficient (Wildman–Crippen LogP) is 1.09. The van der Waals surface area contributed by atoms with E-state index in [1.54, 1.807) is 0 Å². The summed E-state index contributed by atoms with van der Waals surface area (Å²) in [6, 6.07) is 4.29. The number of rotatable bonds is 3. The minimum Gasteiger partial charge on any atom is -0.316 e. The Morgan fingerprint density at radius 1 is 1.19 bits per heavy atom. The third-order valence-corrected chi connectivity index (χ3v) is 4.67. The fourth-order valence-electron chi connectivity index (χ4n) is 3.55. The van der Waals surface area contributed by atoms with Gasteiger partial charge in [0.25, 0.3) is 0 Å². The van der Waals surface area contributed by atoms with Gasteiger partial charge in [-0.15, -0.1) is 0 Å². The zero-order valence-corrected chi connectivity index (χ0v) is 12.2. The average Bonchev–Trinajstić information content (AvgIpc) is 3.10. The minimum absolute atomic E-state index is 0.658. The van der Waals surface area contributed by atoms with Crippen molar-refractivity contribution >= 4 is 12.0 Å². The molecule has 21 heavy (non-hydrogen) atoms. The molecule has 1 aromatic heterocycles. The van der Waals surface area contributed by atoms with Gasteiger partial charge in [-0.2, -0.15) is 0 Å². The van der Waals surface area contributed by atoms with Crippen LogP contribution in [0.15, 0.2) is 35.6 Å². The van der Waals surface area contributed by atoms with Gasteiger partial charge in [-0.3, -0.25) is 9.89 Å². The number of aromatic nitrogens is 1. The van der Waals surface area contributed by atoms with Gasteiger partial charge in [-0.1, -0.05) is 6.07 Å². The van der Waals surface area contributed by atoms with Crippen LogP contribution < -0.4 is 10.2 Å². The summed E-state index contributed by atoms with van der Waals surface area (Å²) in [6.45, 7) is 6.52. The second-order valence-corrected chi connectivity index (χ2v) is 6.18. The predicted molar refractivity (Wildman–Crippen MR) is 84.3 cm³/mol. The first-order chi connectivity index (χ1) is 10.4. The molecule has 2 fully saturated rings. The number of nitrogens with one attached hydrogen (secondary N) is 1. The third kappa shape index (κ3) is 2.71. The van der Waals surface area contributed by atoms with Crippen LogP contribution in [-0.2, 0) is 6.54 Å². The smallest absolute Gasteiger partial charge is 0.134 e. The molecule has 1 N–H and O–H groups in total. The molecule has 2 saturated heterocycles. The molecule has 0 bridgehead atoms. The lowest BCUT2D eigenvalue weighted by Crippen LogP contribution is -2.25. The van der Waals surface area contributed by atoms with Crippen molar-refractivity contribution in [2.24, 2.45) is 16.8 Å². The van der Waals surface area contributed by atoms with E-state index in [-0.39, 0.29) is 0 Å². The molecule has 4 heterocycles. The summed E-state index contributed by atoms with van der Waals surface area (Å²) in [7, 11) is 0. The highest BCUT2D eigenvalue weighted by Crippen LogP contribution is 2.27. The molecule has 110 valence electrons.